The van der Waals surface area contributed by atoms with Gasteiger partial charge in [0.2, 0.25) is 0 Å². The van der Waals surface area contributed by atoms with Crippen molar-refractivity contribution in [2.45, 2.75) is 12.2 Å². The molecule has 2 rings (SSSR count). The van der Waals surface area contributed by atoms with Gasteiger partial charge in [0.05, 0.1) is 0 Å². The summed E-state index contributed by atoms with van der Waals surface area (Å²) in [6.45, 7) is 0. The Balaban J connectivity index is 2.12. The van der Waals surface area contributed by atoms with Crippen LogP contribution in [0.15, 0.2) is 24.3 Å². The van der Waals surface area contributed by atoms with Crippen LogP contribution in [0.1, 0.15) is 11.7 Å². The van der Waals surface area contributed by atoms with Crippen LogP contribution in [0.3, 0.4) is 0 Å². The fourth-order valence-electron chi connectivity index (χ4n) is 1.21. The van der Waals surface area contributed by atoms with Gasteiger partial charge in [0.1, 0.15) is 6.10 Å². The molecule has 0 unspecified atom stereocenters. The summed E-state index contributed by atoms with van der Waals surface area (Å²) in [5.41, 5.74) is 0.858. The molecule has 1 aromatic carbocycles. The molecule has 0 radical (unpaired) electrons. The minimum atomic E-state index is -0.917. The summed E-state index contributed by atoms with van der Waals surface area (Å²) in [5, 5.41) is 9.22. The number of benzene rings is 1. The predicted molar refractivity (Wildman–Crippen MR) is 46.7 cm³/mol. The predicted octanol–water partition coefficient (Wildman–Crippen LogP) is 1.86. The molecular weight excluding hydrogens is 192 g/mol. The zero-order valence-corrected chi connectivity index (χ0v) is 7.36. The summed E-state index contributed by atoms with van der Waals surface area (Å²) in [6, 6.07) is 6.99. The van der Waals surface area contributed by atoms with Crippen LogP contribution in [0.2, 0.25) is 5.02 Å². The van der Waals surface area contributed by atoms with Crippen molar-refractivity contribution in [2.75, 3.05) is 0 Å². The van der Waals surface area contributed by atoms with Crippen molar-refractivity contribution in [3.63, 3.8) is 0 Å². The van der Waals surface area contributed by atoms with Gasteiger partial charge in [-0.3, -0.25) is 0 Å². The average molecular weight is 199 g/mol. The molecule has 4 heteroatoms. The Bertz CT molecular complexity index is 333. The minimum absolute atomic E-state index is 0.297. The van der Waals surface area contributed by atoms with E-state index in [1.54, 1.807) is 24.3 Å². The quantitative estimate of drug-likeness (QED) is 0.738. The highest BCUT2D eigenvalue weighted by Gasteiger charge is 2.46. The third-order valence-electron chi connectivity index (χ3n) is 1.93. The van der Waals surface area contributed by atoms with Crippen molar-refractivity contribution in [2.24, 2.45) is 0 Å². The molecule has 2 atom stereocenters. The minimum Gasteiger partial charge on any atom is -0.479 e. The number of ether oxygens (including phenoxy) is 1. The second-order valence-corrected chi connectivity index (χ2v) is 3.30. The summed E-state index contributed by atoms with van der Waals surface area (Å²) in [6.07, 6.45) is -0.976. The number of epoxide rings is 1. The first kappa shape index (κ1) is 8.53. The number of carbonyl (C=O) groups is 1. The van der Waals surface area contributed by atoms with Gasteiger partial charge < -0.3 is 9.84 Å². The maximum Gasteiger partial charge on any atom is 0.335 e. The molecule has 0 spiro atoms. The van der Waals surface area contributed by atoms with E-state index >= 15 is 0 Å². The van der Waals surface area contributed by atoms with E-state index in [1.165, 1.54) is 0 Å². The van der Waals surface area contributed by atoms with Crippen LogP contribution < -0.4 is 0 Å². The Hall–Kier alpha value is -1.06. The molecule has 0 saturated carbocycles. The molecule has 1 aliphatic rings. The molecule has 68 valence electrons. The molecule has 0 aliphatic carbocycles. The lowest BCUT2D eigenvalue weighted by Crippen LogP contribution is -2.04. The highest BCUT2D eigenvalue weighted by atomic mass is 35.5. The van der Waals surface area contributed by atoms with Gasteiger partial charge in [-0.1, -0.05) is 23.7 Å². The average Bonchev–Trinajstić information content (AvgIpc) is 2.85. The van der Waals surface area contributed by atoms with Gasteiger partial charge in [-0.15, -0.1) is 0 Å². The number of aliphatic carboxylic acids is 1. The van der Waals surface area contributed by atoms with Crippen molar-refractivity contribution < 1.29 is 14.6 Å². The molecule has 0 amide bonds. The molecule has 1 aliphatic heterocycles. The van der Waals surface area contributed by atoms with Crippen molar-refractivity contribution in [3.05, 3.63) is 34.9 Å². The molecule has 1 aromatic rings. The molecule has 1 saturated heterocycles. The van der Waals surface area contributed by atoms with Crippen LogP contribution in [-0.2, 0) is 9.53 Å². The monoisotopic (exact) mass is 198 g/mol. The third kappa shape index (κ3) is 1.66. The summed E-state index contributed by atoms with van der Waals surface area (Å²) in [4.78, 5) is 10.5. The van der Waals surface area contributed by atoms with Crippen molar-refractivity contribution in [1.29, 1.82) is 0 Å². The molecule has 1 N–H and O–H groups in total. The van der Waals surface area contributed by atoms with E-state index in [1.807, 2.05) is 0 Å². The second-order valence-electron chi connectivity index (χ2n) is 2.87. The number of rotatable bonds is 2. The zero-order valence-electron chi connectivity index (χ0n) is 6.61. The standard InChI is InChI=1S/C9H7ClO3/c10-6-3-1-5(2-4-6)7-8(13-7)9(11)12/h1-4,7-8H,(H,11,12)/t7-,8+/m1/s1. The number of hydrogen-bond acceptors (Lipinski definition) is 2. The molecule has 0 bridgehead atoms. The van der Waals surface area contributed by atoms with Crippen molar-refractivity contribution >= 4 is 17.6 Å². The van der Waals surface area contributed by atoms with Crippen LogP contribution in [0.5, 0.6) is 0 Å². The van der Waals surface area contributed by atoms with E-state index in [0.29, 0.717) is 5.02 Å². The zero-order chi connectivity index (χ0) is 9.42. The number of carboxylic acids is 1. The van der Waals surface area contributed by atoms with Crippen LogP contribution >= 0.6 is 11.6 Å². The van der Waals surface area contributed by atoms with Gasteiger partial charge >= 0.3 is 5.97 Å². The lowest BCUT2D eigenvalue weighted by Gasteiger charge is -1.94. The van der Waals surface area contributed by atoms with Crippen molar-refractivity contribution in [3.8, 4) is 0 Å². The molecule has 0 aromatic heterocycles. The highest BCUT2D eigenvalue weighted by molar-refractivity contribution is 6.30. The van der Waals surface area contributed by atoms with E-state index in [0.717, 1.165) is 5.56 Å². The largest absolute Gasteiger partial charge is 0.479 e. The van der Waals surface area contributed by atoms with E-state index in [4.69, 9.17) is 21.4 Å². The van der Waals surface area contributed by atoms with Gasteiger partial charge in [0, 0.05) is 5.02 Å². The van der Waals surface area contributed by atoms with E-state index < -0.39 is 12.1 Å². The van der Waals surface area contributed by atoms with Crippen LogP contribution in [-0.4, -0.2) is 17.2 Å². The summed E-state index contributed by atoms with van der Waals surface area (Å²) in [7, 11) is 0. The Morgan fingerprint density at radius 3 is 2.46 bits per heavy atom. The second kappa shape index (κ2) is 3.01. The molecule has 1 heterocycles. The van der Waals surface area contributed by atoms with Crippen LogP contribution in [0.25, 0.3) is 0 Å². The van der Waals surface area contributed by atoms with Gasteiger partial charge in [0.25, 0.3) is 0 Å². The number of halogens is 1. The molecular formula is C9H7ClO3. The summed E-state index contributed by atoms with van der Waals surface area (Å²) in [5.74, 6) is -0.917. The Labute approximate surface area is 79.9 Å². The Kier molecular flexibility index (Phi) is 1.98. The number of carboxylic acid groups (broad SMARTS) is 1. The maximum atomic E-state index is 10.5. The Morgan fingerprint density at radius 1 is 1.38 bits per heavy atom. The summed E-state index contributed by atoms with van der Waals surface area (Å²) < 4.78 is 4.96. The first-order valence-electron chi connectivity index (χ1n) is 3.82. The van der Waals surface area contributed by atoms with Crippen LogP contribution in [0, 0.1) is 0 Å². The maximum absolute atomic E-state index is 10.5. The van der Waals surface area contributed by atoms with Gasteiger partial charge in [0.15, 0.2) is 6.10 Å². The SMILES string of the molecule is O=C(O)[C@H]1O[C@@H]1c1ccc(Cl)cc1. The first-order valence-corrected chi connectivity index (χ1v) is 4.20. The topological polar surface area (TPSA) is 49.8 Å². The Morgan fingerprint density at radius 2 is 2.00 bits per heavy atom. The fraction of sp³-hybridized carbons (Fsp3) is 0.222. The van der Waals surface area contributed by atoms with Gasteiger partial charge in [-0.05, 0) is 17.7 Å². The van der Waals surface area contributed by atoms with Gasteiger partial charge in [-0.2, -0.15) is 0 Å². The molecule has 3 nitrogen and oxygen atoms in total. The van der Waals surface area contributed by atoms with E-state index in [2.05, 4.69) is 0 Å². The van der Waals surface area contributed by atoms with Gasteiger partial charge in [-0.25, -0.2) is 4.79 Å². The summed E-state index contributed by atoms with van der Waals surface area (Å²) >= 11 is 5.68. The van der Waals surface area contributed by atoms with E-state index in [9.17, 15) is 4.79 Å². The molecule has 1 fully saturated rings. The normalized spacial score (nSPS) is 25.6. The van der Waals surface area contributed by atoms with Crippen LogP contribution in [0.4, 0.5) is 0 Å². The fourth-order valence-corrected chi connectivity index (χ4v) is 1.33. The van der Waals surface area contributed by atoms with Crippen molar-refractivity contribution in [1.82, 2.24) is 0 Å². The highest BCUT2D eigenvalue weighted by Crippen LogP contribution is 2.38. The first-order chi connectivity index (χ1) is 6.18. The molecule has 13 heavy (non-hydrogen) atoms. The number of hydrogen-bond donors (Lipinski definition) is 1. The van der Waals surface area contributed by atoms with E-state index in [-0.39, 0.29) is 6.10 Å². The lowest BCUT2D eigenvalue weighted by atomic mass is 10.1. The lowest BCUT2D eigenvalue weighted by molar-refractivity contribution is -0.138. The smallest absolute Gasteiger partial charge is 0.335 e. The third-order valence-corrected chi connectivity index (χ3v) is 2.19.